The Hall–Kier alpha value is -3.01. The van der Waals surface area contributed by atoms with Crippen LogP contribution in [0.3, 0.4) is 0 Å². The number of ether oxygens (including phenoxy) is 3. The van der Waals surface area contributed by atoms with Crippen LogP contribution in [-0.4, -0.2) is 65.4 Å². The number of carbonyl (C=O) groups excluding carboxylic acids is 1. The molecule has 2 aromatic rings. The number of nitrogens with zero attached hydrogens (tertiary/aromatic N) is 1. The minimum absolute atomic E-state index is 0.00425. The summed E-state index contributed by atoms with van der Waals surface area (Å²) in [4.78, 5) is 17.1. The number of hydrogen-bond donors (Lipinski definition) is 3. The van der Waals surface area contributed by atoms with Gasteiger partial charge in [0.25, 0.3) is 5.91 Å². The zero-order valence-corrected chi connectivity index (χ0v) is 20.5. The van der Waals surface area contributed by atoms with Gasteiger partial charge < -0.3 is 29.7 Å². The molecule has 0 saturated carbocycles. The van der Waals surface area contributed by atoms with E-state index >= 15 is 0 Å². The fourth-order valence-electron chi connectivity index (χ4n) is 4.24. The highest BCUT2D eigenvalue weighted by Crippen LogP contribution is 2.55. The number of hydrogen-bond acceptors (Lipinski definition) is 7. The van der Waals surface area contributed by atoms with Crippen molar-refractivity contribution in [3.05, 3.63) is 53.4 Å². The molecule has 1 aliphatic heterocycles. The number of rotatable bonds is 10. The zero-order valence-electron chi connectivity index (χ0n) is 20.5. The summed E-state index contributed by atoms with van der Waals surface area (Å²) in [5.74, 6) is -8.07. The molecule has 15 heteroatoms. The van der Waals surface area contributed by atoms with Crippen molar-refractivity contribution < 1.29 is 60.0 Å². The number of anilines is 1. The fraction of sp³-hybridized carbons (Fsp3) is 0.500. The Morgan fingerprint density at radius 3 is 2.46 bits per heavy atom. The molecule has 1 aliphatic rings. The third-order valence-electron chi connectivity index (χ3n) is 6.51. The number of carbonyl (C=O) groups is 1. The molecule has 2 heterocycles. The van der Waals surface area contributed by atoms with Crippen LogP contribution in [0.15, 0.2) is 30.5 Å². The third-order valence-corrected chi connectivity index (χ3v) is 6.51. The number of aliphatic hydroxyl groups excluding tert-OH is 2. The van der Waals surface area contributed by atoms with Crippen molar-refractivity contribution in [3.8, 4) is 5.75 Å². The lowest BCUT2D eigenvalue weighted by molar-refractivity contribution is -0.272. The van der Waals surface area contributed by atoms with Crippen LogP contribution >= 0.6 is 0 Å². The van der Waals surface area contributed by atoms with Crippen molar-refractivity contribution in [1.29, 1.82) is 0 Å². The first kappa shape index (κ1) is 30.5. The Kier molecular flexibility index (Phi) is 9.41. The van der Waals surface area contributed by atoms with Gasteiger partial charge in [-0.25, -0.2) is 4.39 Å². The van der Waals surface area contributed by atoms with Crippen LogP contribution in [0.2, 0.25) is 0 Å². The smallest absolute Gasteiger partial charge is 0.417 e. The van der Waals surface area contributed by atoms with Crippen molar-refractivity contribution >= 4 is 11.6 Å². The molecule has 39 heavy (non-hydrogen) atoms. The molecule has 1 aromatic heterocycles. The second kappa shape index (κ2) is 12.0. The summed E-state index contributed by atoms with van der Waals surface area (Å²) >= 11 is 0. The number of halogens is 7. The first-order chi connectivity index (χ1) is 18.2. The third kappa shape index (κ3) is 6.42. The molecule has 8 nitrogen and oxygen atoms in total. The number of benzene rings is 1. The quantitative estimate of drug-likeness (QED) is 0.292. The number of nitrogens with one attached hydrogen (secondary N) is 1. The largest absolute Gasteiger partial charge is 0.488 e. The van der Waals surface area contributed by atoms with Gasteiger partial charge in [-0.15, -0.1) is 0 Å². The van der Waals surface area contributed by atoms with Crippen LogP contribution in [0.4, 0.5) is 36.4 Å². The van der Waals surface area contributed by atoms with Gasteiger partial charge in [0.05, 0.1) is 30.8 Å². The monoisotopic (exact) mass is 570 g/mol. The number of alkyl halides is 5. The first-order valence-electron chi connectivity index (χ1n) is 11.5. The van der Waals surface area contributed by atoms with Crippen LogP contribution in [0.25, 0.3) is 0 Å². The van der Waals surface area contributed by atoms with Crippen molar-refractivity contribution in [2.45, 2.75) is 50.4 Å². The van der Waals surface area contributed by atoms with Crippen molar-refractivity contribution in [2.75, 3.05) is 25.1 Å². The van der Waals surface area contributed by atoms with E-state index in [-0.39, 0.29) is 16.9 Å². The highest BCUT2D eigenvalue weighted by atomic mass is 19.4. The van der Waals surface area contributed by atoms with Gasteiger partial charge in [-0.2, -0.15) is 26.3 Å². The molecule has 3 rings (SSSR count). The zero-order chi connectivity index (χ0) is 29.1. The second-order valence-electron chi connectivity index (χ2n) is 8.88. The molecule has 0 radical (unpaired) electrons. The summed E-state index contributed by atoms with van der Waals surface area (Å²) in [5.41, 5.74) is -3.21. The molecule has 0 spiro atoms. The van der Waals surface area contributed by atoms with E-state index < -0.39 is 85.5 Å². The summed E-state index contributed by atoms with van der Waals surface area (Å²) in [6.07, 6.45) is -7.12. The molecular weight excluding hydrogens is 545 g/mol. The maximum atomic E-state index is 14.8. The average Bonchev–Trinajstić information content (AvgIpc) is 3.15. The summed E-state index contributed by atoms with van der Waals surface area (Å²) in [6.45, 7) is -3.43. The molecule has 5 atom stereocenters. The standard InChI is InChI=1S/C24H25F7N2O6/c1-11-17(13-4-5-14(25)18(26)19(13)37-7-8-38-22(27)28)20(39-23(11,2)24(29,30)31)21(36)33-12-3-6-15(32-9-12)16(35)10-34/h3-6,9,11,16-17,20,22,34-35H,7-8,10H2,1-2H3,(H,33,36)/t11-,16-,17-,20+,23+/m0/s1. The number of aliphatic hydroxyl groups is 2. The minimum Gasteiger partial charge on any atom is -0.488 e. The normalized spacial score (nSPS) is 24.2. The van der Waals surface area contributed by atoms with E-state index in [1.54, 1.807) is 0 Å². The number of pyridine rings is 1. The highest BCUT2D eigenvalue weighted by molar-refractivity contribution is 5.95. The Morgan fingerprint density at radius 1 is 1.21 bits per heavy atom. The lowest BCUT2D eigenvalue weighted by Gasteiger charge is -2.32. The second-order valence-corrected chi connectivity index (χ2v) is 8.88. The van der Waals surface area contributed by atoms with E-state index in [2.05, 4.69) is 15.0 Å². The average molecular weight is 570 g/mol. The van der Waals surface area contributed by atoms with Gasteiger partial charge in [0.1, 0.15) is 18.8 Å². The predicted octanol–water partition coefficient (Wildman–Crippen LogP) is 4.08. The van der Waals surface area contributed by atoms with Crippen LogP contribution < -0.4 is 10.1 Å². The van der Waals surface area contributed by atoms with Crippen LogP contribution in [0.1, 0.15) is 37.1 Å². The van der Waals surface area contributed by atoms with E-state index in [9.17, 15) is 40.6 Å². The first-order valence-corrected chi connectivity index (χ1v) is 11.5. The van der Waals surface area contributed by atoms with Crippen LogP contribution in [0, 0.1) is 17.6 Å². The summed E-state index contributed by atoms with van der Waals surface area (Å²) < 4.78 is 110. The molecule has 0 unspecified atom stereocenters. The highest BCUT2D eigenvalue weighted by Gasteiger charge is 2.66. The topological polar surface area (TPSA) is 110 Å². The van der Waals surface area contributed by atoms with Gasteiger partial charge in [0.15, 0.2) is 17.2 Å². The Balaban J connectivity index is 1.99. The Bertz CT molecular complexity index is 1150. The van der Waals surface area contributed by atoms with E-state index in [1.807, 2.05) is 0 Å². The molecule has 0 bridgehead atoms. The van der Waals surface area contributed by atoms with Crippen LogP contribution in [-0.2, 0) is 14.3 Å². The molecule has 1 fully saturated rings. The molecule has 3 N–H and O–H groups in total. The van der Waals surface area contributed by atoms with Gasteiger partial charge >= 0.3 is 12.8 Å². The van der Waals surface area contributed by atoms with Crippen LogP contribution in [0.5, 0.6) is 5.75 Å². The van der Waals surface area contributed by atoms with Gasteiger partial charge in [-0.3, -0.25) is 9.78 Å². The fourth-order valence-corrected chi connectivity index (χ4v) is 4.24. The number of amides is 1. The Labute approximate surface area is 217 Å². The van der Waals surface area contributed by atoms with Crippen molar-refractivity contribution in [2.24, 2.45) is 5.92 Å². The maximum absolute atomic E-state index is 14.8. The van der Waals surface area contributed by atoms with Crippen molar-refractivity contribution in [1.82, 2.24) is 4.98 Å². The van der Waals surface area contributed by atoms with Gasteiger partial charge in [0.2, 0.25) is 5.82 Å². The van der Waals surface area contributed by atoms with Crippen molar-refractivity contribution in [3.63, 3.8) is 0 Å². The van der Waals surface area contributed by atoms with E-state index in [1.165, 1.54) is 12.1 Å². The van der Waals surface area contributed by atoms with Gasteiger partial charge in [-0.1, -0.05) is 13.0 Å². The molecular formula is C24H25F7N2O6. The minimum atomic E-state index is -4.99. The van der Waals surface area contributed by atoms with E-state index in [0.717, 1.165) is 19.2 Å². The molecule has 216 valence electrons. The summed E-state index contributed by atoms with van der Waals surface area (Å²) in [7, 11) is 0. The maximum Gasteiger partial charge on any atom is 0.417 e. The van der Waals surface area contributed by atoms with E-state index in [0.29, 0.717) is 13.0 Å². The molecule has 1 aromatic carbocycles. The molecule has 1 saturated heterocycles. The summed E-state index contributed by atoms with van der Waals surface area (Å²) in [5, 5.41) is 21.0. The predicted molar refractivity (Wildman–Crippen MR) is 120 cm³/mol. The lowest BCUT2D eigenvalue weighted by Crippen LogP contribution is -2.47. The van der Waals surface area contributed by atoms with E-state index in [4.69, 9.17) is 14.6 Å². The molecule has 1 amide bonds. The molecule has 0 aliphatic carbocycles. The van der Waals surface area contributed by atoms with Gasteiger partial charge in [0, 0.05) is 17.4 Å². The van der Waals surface area contributed by atoms with Gasteiger partial charge in [-0.05, 0) is 25.1 Å². The SMILES string of the molecule is C[C@H]1[C@@H](c2ccc(F)c(F)c2OCCOC(F)F)[C@H](C(=O)Nc2ccc([C@@H](O)CO)nc2)O[C@@]1(C)C(F)(F)F. The lowest BCUT2D eigenvalue weighted by atomic mass is 9.77. The summed E-state index contributed by atoms with van der Waals surface area (Å²) in [6, 6.07) is 4.09. The Morgan fingerprint density at radius 2 is 1.90 bits per heavy atom. The number of aromatic nitrogens is 1.